The molecule has 120 valence electrons. The normalized spacial score (nSPS) is 23.7. The molecule has 2 aliphatic heterocycles. The molecule has 1 aliphatic carbocycles. The summed E-state index contributed by atoms with van der Waals surface area (Å²) in [5.74, 6) is 0.891. The topological polar surface area (TPSA) is 55.5 Å². The largest absolute Gasteiger partial charge is 0.352 e. The average molecular weight is 327 g/mol. The first-order chi connectivity index (χ1) is 11.2. The highest BCUT2D eigenvalue weighted by atomic mass is 32.2. The van der Waals surface area contributed by atoms with Crippen LogP contribution in [0.3, 0.4) is 0 Å². The third-order valence-corrected chi connectivity index (χ3v) is 5.94. The molecule has 0 spiro atoms. The molecule has 1 saturated heterocycles. The van der Waals surface area contributed by atoms with E-state index in [1.54, 1.807) is 0 Å². The van der Waals surface area contributed by atoms with Gasteiger partial charge in [-0.3, -0.25) is 4.99 Å². The van der Waals surface area contributed by atoms with Crippen LogP contribution in [0.25, 0.3) is 0 Å². The summed E-state index contributed by atoms with van der Waals surface area (Å²) >= 11 is 1.88. The molecule has 1 aromatic rings. The Morgan fingerprint density at radius 3 is 2.70 bits per heavy atom. The Morgan fingerprint density at radius 1 is 1.22 bits per heavy atom. The van der Waals surface area contributed by atoms with Gasteiger partial charge < -0.3 is 9.80 Å². The monoisotopic (exact) mass is 327 g/mol. The molecule has 1 atom stereocenters. The highest BCUT2D eigenvalue weighted by Crippen LogP contribution is 2.29. The average Bonchev–Trinajstić information content (AvgIpc) is 3.22. The number of hydrogen-bond donors (Lipinski definition) is 0. The van der Waals surface area contributed by atoms with Crippen LogP contribution in [-0.4, -0.2) is 53.0 Å². The highest BCUT2D eigenvalue weighted by molar-refractivity contribution is 8.14. The highest BCUT2D eigenvalue weighted by Gasteiger charge is 2.27. The standard InChI is InChI=1S/C17H21N5S/c1-12-11-19-17(23-12)22-7-5-21(6-8-22)16-14(10-18)9-13-3-2-4-15(13)20-16/h9,12H,2-8,11H2,1H3/t12-/m0/s1. The Bertz CT molecular complexity index is 685. The maximum atomic E-state index is 9.48. The van der Waals surface area contributed by atoms with Crippen LogP contribution < -0.4 is 4.90 Å². The molecule has 0 amide bonds. The second-order valence-electron chi connectivity index (χ2n) is 6.46. The van der Waals surface area contributed by atoms with Gasteiger partial charge in [0, 0.05) is 37.1 Å². The van der Waals surface area contributed by atoms with E-state index in [0.717, 1.165) is 56.9 Å². The molecular formula is C17H21N5S. The van der Waals surface area contributed by atoms with Gasteiger partial charge in [-0.2, -0.15) is 5.26 Å². The van der Waals surface area contributed by atoms with Gasteiger partial charge in [0.2, 0.25) is 0 Å². The number of nitrogens with zero attached hydrogens (tertiary/aromatic N) is 5. The Labute approximate surface area is 141 Å². The molecule has 0 aromatic carbocycles. The Kier molecular flexibility index (Phi) is 3.90. The summed E-state index contributed by atoms with van der Waals surface area (Å²) in [5.41, 5.74) is 3.21. The van der Waals surface area contributed by atoms with Crippen molar-refractivity contribution in [2.45, 2.75) is 31.4 Å². The van der Waals surface area contributed by atoms with Crippen molar-refractivity contribution in [3.63, 3.8) is 0 Å². The molecule has 1 fully saturated rings. The second-order valence-corrected chi connectivity index (χ2v) is 7.86. The lowest BCUT2D eigenvalue weighted by molar-refractivity contribution is 0.390. The van der Waals surface area contributed by atoms with E-state index in [9.17, 15) is 5.26 Å². The van der Waals surface area contributed by atoms with Crippen LogP contribution in [0.1, 0.15) is 30.2 Å². The molecule has 0 bridgehead atoms. The van der Waals surface area contributed by atoms with Crippen LogP contribution in [0.15, 0.2) is 11.1 Å². The number of pyridine rings is 1. The van der Waals surface area contributed by atoms with Crippen molar-refractivity contribution in [2.24, 2.45) is 4.99 Å². The maximum Gasteiger partial charge on any atom is 0.159 e. The fourth-order valence-corrected chi connectivity index (χ4v) is 4.52. The molecular weight excluding hydrogens is 306 g/mol. The van der Waals surface area contributed by atoms with Gasteiger partial charge in [-0.15, -0.1) is 0 Å². The predicted molar refractivity (Wildman–Crippen MR) is 94.1 cm³/mol. The fraction of sp³-hybridized carbons (Fsp3) is 0.588. The van der Waals surface area contributed by atoms with Gasteiger partial charge in [-0.25, -0.2) is 4.98 Å². The molecule has 0 radical (unpaired) electrons. The number of hydrogen-bond acceptors (Lipinski definition) is 6. The molecule has 3 heterocycles. The molecule has 3 aliphatic rings. The van der Waals surface area contributed by atoms with Crippen molar-refractivity contribution in [1.82, 2.24) is 9.88 Å². The lowest BCUT2D eigenvalue weighted by Crippen LogP contribution is -2.48. The smallest absolute Gasteiger partial charge is 0.159 e. The van der Waals surface area contributed by atoms with Crippen molar-refractivity contribution < 1.29 is 0 Å². The number of anilines is 1. The van der Waals surface area contributed by atoms with E-state index in [1.165, 1.54) is 22.8 Å². The minimum atomic E-state index is 0.603. The molecule has 0 unspecified atom stereocenters. The number of nitriles is 1. The summed E-state index contributed by atoms with van der Waals surface area (Å²) in [7, 11) is 0. The van der Waals surface area contributed by atoms with Gasteiger partial charge in [-0.1, -0.05) is 18.7 Å². The first-order valence-electron chi connectivity index (χ1n) is 8.38. The van der Waals surface area contributed by atoms with Crippen molar-refractivity contribution in [3.05, 3.63) is 22.9 Å². The summed E-state index contributed by atoms with van der Waals surface area (Å²) < 4.78 is 0. The molecule has 23 heavy (non-hydrogen) atoms. The Morgan fingerprint density at radius 2 is 2.00 bits per heavy atom. The molecule has 4 rings (SSSR count). The lowest BCUT2D eigenvalue weighted by Gasteiger charge is -2.36. The number of aliphatic imine (C=N–C) groups is 1. The van der Waals surface area contributed by atoms with Gasteiger partial charge in [0.15, 0.2) is 5.17 Å². The van der Waals surface area contributed by atoms with Crippen LogP contribution in [0, 0.1) is 11.3 Å². The number of piperazine rings is 1. The summed E-state index contributed by atoms with van der Waals surface area (Å²) in [5, 5.41) is 11.3. The summed E-state index contributed by atoms with van der Waals surface area (Å²) in [6, 6.07) is 4.41. The quantitative estimate of drug-likeness (QED) is 0.790. The SMILES string of the molecule is C[C@H]1CN=C(N2CCN(c3nc4c(cc3C#N)CCC4)CC2)S1. The van der Waals surface area contributed by atoms with E-state index >= 15 is 0 Å². The van der Waals surface area contributed by atoms with Crippen molar-refractivity contribution >= 4 is 22.7 Å². The third-order valence-electron chi connectivity index (χ3n) is 4.79. The molecule has 0 saturated carbocycles. The molecule has 1 aromatic heterocycles. The zero-order valence-electron chi connectivity index (χ0n) is 13.5. The number of rotatable bonds is 1. The Balaban J connectivity index is 1.49. The molecule has 5 nitrogen and oxygen atoms in total. The summed E-state index contributed by atoms with van der Waals surface area (Å²) in [4.78, 5) is 14.1. The zero-order chi connectivity index (χ0) is 15.8. The van der Waals surface area contributed by atoms with Gasteiger partial charge in [0.25, 0.3) is 0 Å². The zero-order valence-corrected chi connectivity index (χ0v) is 14.3. The molecule has 6 heteroatoms. The van der Waals surface area contributed by atoms with Crippen LogP contribution in [-0.2, 0) is 12.8 Å². The van der Waals surface area contributed by atoms with E-state index in [0.29, 0.717) is 5.25 Å². The second kappa shape index (κ2) is 6.04. The van der Waals surface area contributed by atoms with E-state index < -0.39 is 0 Å². The summed E-state index contributed by atoms with van der Waals surface area (Å²) in [6.45, 7) is 6.91. The number of aryl methyl sites for hydroxylation is 2. The van der Waals surface area contributed by atoms with Crippen molar-refractivity contribution in [1.29, 1.82) is 5.26 Å². The van der Waals surface area contributed by atoms with Gasteiger partial charge in [0.05, 0.1) is 12.1 Å². The van der Waals surface area contributed by atoms with E-state index in [2.05, 4.69) is 33.9 Å². The van der Waals surface area contributed by atoms with Gasteiger partial charge in [0.1, 0.15) is 11.9 Å². The van der Waals surface area contributed by atoms with E-state index in [-0.39, 0.29) is 0 Å². The maximum absolute atomic E-state index is 9.48. The van der Waals surface area contributed by atoms with Crippen LogP contribution >= 0.6 is 11.8 Å². The van der Waals surface area contributed by atoms with Gasteiger partial charge >= 0.3 is 0 Å². The number of thioether (sulfide) groups is 1. The number of fused-ring (bicyclic) bond motifs is 1. The first kappa shape index (κ1) is 14.8. The number of amidine groups is 1. The van der Waals surface area contributed by atoms with E-state index in [4.69, 9.17) is 4.98 Å². The lowest BCUT2D eigenvalue weighted by atomic mass is 10.1. The van der Waals surface area contributed by atoms with E-state index in [1.807, 2.05) is 11.8 Å². The summed E-state index contributed by atoms with van der Waals surface area (Å²) in [6.07, 6.45) is 3.29. The Hall–Kier alpha value is -1.74. The van der Waals surface area contributed by atoms with Crippen LogP contribution in [0.5, 0.6) is 0 Å². The first-order valence-corrected chi connectivity index (χ1v) is 9.26. The fourth-order valence-electron chi connectivity index (χ4n) is 3.53. The number of aromatic nitrogens is 1. The molecule has 0 N–H and O–H groups in total. The van der Waals surface area contributed by atoms with Crippen LogP contribution in [0.4, 0.5) is 5.82 Å². The third kappa shape index (κ3) is 2.78. The predicted octanol–water partition coefficient (Wildman–Crippen LogP) is 2.06. The minimum Gasteiger partial charge on any atom is -0.352 e. The van der Waals surface area contributed by atoms with Crippen LogP contribution in [0.2, 0.25) is 0 Å². The minimum absolute atomic E-state index is 0.603. The van der Waals surface area contributed by atoms with Crippen molar-refractivity contribution in [3.8, 4) is 6.07 Å². The van der Waals surface area contributed by atoms with Gasteiger partial charge in [-0.05, 0) is 30.9 Å². The van der Waals surface area contributed by atoms with Crippen molar-refractivity contribution in [2.75, 3.05) is 37.6 Å².